The molecule has 4 rings (SSSR count). The lowest BCUT2D eigenvalue weighted by molar-refractivity contribution is 0.103. The molecule has 0 amide bonds. The molecule has 0 aliphatic carbocycles. The van der Waals surface area contributed by atoms with Crippen LogP contribution in [0.1, 0.15) is 32.9 Å². The van der Waals surface area contributed by atoms with Crippen LogP contribution in [0.4, 0.5) is 0 Å². The van der Waals surface area contributed by atoms with Crippen molar-refractivity contribution in [3.63, 3.8) is 0 Å². The van der Waals surface area contributed by atoms with Crippen LogP contribution in [0.2, 0.25) is 0 Å². The zero-order chi connectivity index (χ0) is 20.8. The Kier molecular flexibility index (Phi) is 5.75. The molecule has 0 radical (unpaired) electrons. The van der Waals surface area contributed by atoms with Crippen LogP contribution >= 0.6 is 0 Å². The summed E-state index contributed by atoms with van der Waals surface area (Å²) in [5, 5.41) is 23.6. The molecule has 0 saturated carbocycles. The van der Waals surface area contributed by atoms with Gasteiger partial charge in [0.25, 0.3) is 0 Å². The Morgan fingerprint density at radius 2 is 1.83 bits per heavy atom. The second kappa shape index (κ2) is 8.95. The van der Waals surface area contributed by atoms with E-state index in [0.717, 1.165) is 30.0 Å². The number of aromatic amines is 1. The van der Waals surface area contributed by atoms with Gasteiger partial charge >= 0.3 is 0 Å². The maximum absolute atomic E-state index is 12.2. The Balaban J connectivity index is 1.61. The normalized spacial score (nSPS) is 11.5. The van der Waals surface area contributed by atoms with E-state index >= 15 is 0 Å². The number of carbonyl (C=O) groups excluding carboxylic acids is 1. The molecule has 3 aromatic heterocycles. The molecule has 1 aromatic carbocycles. The Morgan fingerprint density at radius 1 is 1.03 bits per heavy atom. The number of aryl methyl sites for hydroxylation is 2. The van der Waals surface area contributed by atoms with Crippen molar-refractivity contribution >= 4 is 11.5 Å². The topological polar surface area (TPSA) is 110 Å². The first-order valence-electron chi connectivity index (χ1n) is 9.49. The molecule has 2 N–H and O–H groups in total. The molecular formula is C22H20N6O2. The van der Waals surface area contributed by atoms with Gasteiger partial charge in [0.2, 0.25) is 11.6 Å². The molecule has 150 valence electrons. The number of aliphatic hydroxyl groups excluding tert-OH is 1. The third-order valence-electron chi connectivity index (χ3n) is 4.71. The second-order valence-electron chi connectivity index (χ2n) is 6.84. The first-order chi connectivity index (χ1) is 14.7. The highest BCUT2D eigenvalue weighted by Crippen LogP contribution is 2.22. The van der Waals surface area contributed by atoms with Crippen molar-refractivity contribution < 1.29 is 9.90 Å². The van der Waals surface area contributed by atoms with Gasteiger partial charge in [-0.2, -0.15) is 5.21 Å². The van der Waals surface area contributed by atoms with Gasteiger partial charge in [-0.3, -0.25) is 9.78 Å². The predicted molar refractivity (Wildman–Crippen MR) is 111 cm³/mol. The van der Waals surface area contributed by atoms with Gasteiger partial charge in [-0.05, 0) is 46.9 Å². The molecule has 0 unspecified atom stereocenters. The van der Waals surface area contributed by atoms with Crippen LogP contribution in [0.15, 0.2) is 73.3 Å². The number of aliphatic hydroxyl groups is 1. The van der Waals surface area contributed by atoms with Gasteiger partial charge in [-0.25, -0.2) is 0 Å². The van der Waals surface area contributed by atoms with Gasteiger partial charge in [0.1, 0.15) is 5.76 Å². The molecule has 8 nitrogen and oxygen atoms in total. The first-order valence-corrected chi connectivity index (χ1v) is 9.49. The average molecular weight is 400 g/mol. The lowest BCUT2D eigenvalue weighted by atomic mass is 10.0. The Hall–Kier alpha value is -4.07. The average Bonchev–Trinajstić information content (AvgIpc) is 3.44. The summed E-state index contributed by atoms with van der Waals surface area (Å²) < 4.78 is 1.99. The minimum Gasteiger partial charge on any atom is -0.507 e. The van der Waals surface area contributed by atoms with E-state index in [4.69, 9.17) is 0 Å². The number of tetrazole rings is 1. The van der Waals surface area contributed by atoms with Crippen LogP contribution in [0, 0.1) is 0 Å². The van der Waals surface area contributed by atoms with Gasteiger partial charge in [-0.1, -0.05) is 30.3 Å². The predicted octanol–water partition coefficient (Wildman–Crippen LogP) is 3.01. The number of rotatable bonds is 8. The molecule has 0 fully saturated rings. The number of aromatic nitrogens is 6. The van der Waals surface area contributed by atoms with Crippen molar-refractivity contribution in [2.24, 2.45) is 0 Å². The maximum Gasteiger partial charge on any atom is 0.244 e. The summed E-state index contributed by atoms with van der Waals surface area (Å²) in [6.45, 7) is 0.632. The third-order valence-corrected chi connectivity index (χ3v) is 4.71. The summed E-state index contributed by atoms with van der Waals surface area (Å²) in [6.07, 6.45) is 10.0. The largest absolute Gasteiger partial charge is 0.507 e. The van der Waals surface area contributed by atoms with Crippen molar-refractivity contribution in [1.82, 2.24) is 30.2 Å². The molecule has 4 aromatic rings. The Bertz CT molecular complexity index is 1140. The minimum absolute atomic E-state index is 0.0939. The molecule has 0 spiro atoms. The molecule has 0 aliphatic heterocycles. The van der Waals surface area contributed by atoms with E-state index in [0.29, 0.717) is 12.1 Å². The molecular weight excluding hydrogens is 380 g/mol. The van der Waals surface area contributed by atoms with Gasteiger partial charge < -0.3 is 9.67 Å². The quantitative estimate of drug-likeness (QED) is 0.267. The summed E-state index contributed by atoms with van der Waals surface area (Å²) in [5.74, 6) is -0.734. The minimum atomic E-state index is -0.517. The van der Waals surface area contributed by atoms with Crippen molar-refractivity contribution in [1.29, 1.82) is 0 Å². The zero-order valence-electron chi connectivity index (χ0n) is 16.1. The molecule has 30 heavy (non-hydrogen) atoms. The number of H-pyrrole nitrogens is 1. The SMILES string of the molecule is O=C(C=C(O)c1cn(Cc2ccncc2)cc1CCc1ccccc1)c1nn[nH]n1. The number of nitrogens with zero attached hydrogens (tertiary/aromatic N) is 5. The summed E-state index contributed by atoms with van der Waals surface area (Å²) >= 11 is 0. The monoisotopic (exact) mass is 400 g/mol. The van der Waals surface area contributed by atoms with Crippen LogP contribution in [0.3, 0.4) is 0 Å². The fourth-order valence-corrected chi connectivity index (χ4v) is 3.23. The lowest BCUT2D eigenvalue weighted by Gasteiger charge is -2.04. The Morgan fingerprint density at radius 3 is 2.57 bits per heavy atom. The highest BCUT2D eigenvalue weighted by Gasteiger charge is 2.15. The van der Waals surface area contributed by atoms with E-state index < -0.39 is 5.78 Å². The zero-order valence-corrected chi connectivity index (χ0v) is 16.1. The summed E-state index contributed by atoms with van der Waals surface area (Å²) in [6, 6.07) is 14.0. The van der Waals surface area contributed by atoms with Gasteiger partial charge in [-0.15, -0.1) is 10.2 Å². The number of pyridine rings is 1. The van der Waals surface area contributed by atoms with E-state index in [9.17, 15) is 9.90 Å². The highest BCUT2D eigenvalue weighted by molar-refractivity contribution is 6.05. The number of hydrogen-bond acceptors (Lipinski definition) is 6. The van der Waals surface area contributed by atoms with Crippen molar-refractivity contribution in [3.05, 3.63) is 101 Å². The van der Waals surface area contributed by atoms with E-state index in [1.54, 1.807) is 12.4 Å². The number of carbonyl (C=O) groups is 1. The van der Waals surface area contributed by atoms with E-state index in [1.165, 1.54) is 5.56 Å². The van der Waals surface area contributed by atoms with Crippen molar-refractivity contribution in [3.8, 4) is 0 Å². The van der Waals surface area contributed by atoms with Crippen molar-refractivity contribution in [2.75, 3.05) is 0 Å². The van der Waals surface area contributed by atoms with Gasteiger partial charge in [0, 0.05) is 43.0 Å². The summed E-state index contributed by atoms with van der Waals surface area (Å²) in [5.41, 5.74) is 3.85. The molecule has 8 heteroatoms. The van der Waals surface area contributed by atoms with Crippen LogP contribution in [-0.2, 0) is 19.4 Å². The number of nitrogens with one attached hydrogen (secondary N) is 1. The first kappa shape index (κ1) is 19.3. The van der Waals surface area contributed by atoms with Crippen LogP contribution in [-0.4, -0.2) is 41.1 Å². The highest BCUT2D eigenvalue weighted by atomic mass is 16.3. The molecule has 3 heterocycles. The molecule has 0 saturated heterocycles. The summed E-state index contributed by atoms with van der Waals surface area (Å²) in [4.78, 5) is 16.3. The third kappa shape index (κ3) is 4.67. The summed E-state index contributed by atoms with van der Waals surface area (Å²) in [7, 11) is 0. The van der Waals surface area contributed by atoms with Crippen LogP contribution in [0.25, 0.3) is 5.76 Å². The Labute approximate surface area is 172 Å². The number of allylic oxidation sites excluding steroid dienone is 1. The number of ketones is 1. The van der Waals surface area contributed by atoms with Crippen LogP contribution < -0.4 is 0 Å². The molecule has 0 atom stereocenters. The van der Waals surface area contributed by atoms with Crippen LogP contribution in [0.5, 0.6) is 0 Å². The smallest absolute Gasteiger partial charge is 0.244 e. The van der Waals surface area contributed by atoms with E-state index in [2.05, 4.69) is 37.7 Å². The van der Waals surface area contributed by atoms with Gasteiger partial charge in [0.15, 0.2) is 0 Å². The fourth-order valence-electron chi connectivity index (χ4n) is 3.23. The van der Waals surface area contributed by atoms with Crippen molar-refractivity contribution in [2.45, 2.75) is 19.4 Å². The molecule has 0 bridgehead atoms. The van der Waals surface area contributed by atoms with Gasteiger partial charge in [0.05, 0.1) is 0 Å². The number of hydrogen-bond donors (Lipinski definition) is 2. The van der Waals surface area contributed by atoms with E-state index in [1.807, 2.05) is 47.3 Å². The number of benzene rings is 1. The van der Waals surface area contributed by atoms with E-state index in [-0.39, 0.29) is 11.6 Å². The molecule has 0 aliphatic rings. The standard InChI is InChI=1S/C22H20N6O2/c29-20(12-21(30)22-24-26-27-25-22)19-15-28(13-17-8-10-23-11-9-17)14-18(19)7-6-16-4-2-1-3-5-16/h1-5,8-12,14-15,29H,6-7,13H2,(H,24,25,26,27). The second-order valence-corrected chi connectivity index (χ2v) is 6.84. The lowest BCUT2D eigenvalue weighted by Crippen LogP contribution is -2.00. The maximum atomic E-state index is 12.2. The fraction of sp³-hybridized carbons (Fsp3) is 0.136.